The fourth-order valence-corrected chi connectivity index (χ4v) is 0. The van der Waals surface area contributed by atoms with Crippen molar-refractivity contribution in [1.82, 2.24) is 0 Å². The third-order valence-corrected chi connectivity index (χ3v) is 0. The van der Waals surface area contributed by atoms with Crippen LogP contribution in [0, 0.1) is 0 Å². The van der Waals surface area contributed by atoms with Crippen molar-refractivity contribution in [2.24, 2.45) is 0 Å². The summed E-state index contributed by atoms with van der Waals surface area (Å²) in [7, 11) is -4.64. The quantitative estimate of drug-likeness (QED) is 0.466. The van der Waals surface area contributed by atoms with Crippen LogP contribution >= 0.6 is 7.82 Å². The summed E-state index contributed by atoms with van der Waals surface area (Å²) >= 11 is 0. The first kappa shape index (κ1) is 29.3. The Bertz CT molecular complexity index is 117. The highest BCUT2D eigenvalue weighted by molar-refractivity contribution is 7.45. The van der Waals surface area contributed by atoms with Crippen LogP contribution < -0.4 is 0 Å². The Morgan fingerprint density at radius 3 is 0.733 bits per heavy atom. The Kier molecular flexibility index (Phi) is 31.2. The van der Waals surface area contributed by atoms with E-state index in [1.54, 1.807) is 0 Å². The highest BCUT2D eigenvalue weighted by atomic mass is 31.2. The number of rotatable bonds is 0. The standard InChI is InChI=1S/2CHF3.2FH.H3O4P/c2*2-1(3)4;;;1-5(2,3)4/h2*1H;2*1H;(H3,1,2,3,4). The second-order valence-corrected chi connectivity index (χ2v) is 2.03. The van der Waals surface area contributed by atoms with Gasteiger partial charge < -0.3 is 14.7 Å². The average Bonchev–Trinajstić information content (AvgIpc) is 1.50. The van der Waals surface area contributed by atoms with E-state index in [0.717, 1.165) is 0 Å². The lowest BCUT2D eigenvalue weighted by atomic mass is 11.6. The van der Waals surface area contributed by atoms with E-state index < -0.39 is 21.2 Å². The van der Waals surface area contributed by atoms with Crippen molar-refractivity contribution in [3.8, 4) is 0 Å². The number of hydrogen-bond donors (Lipinski definition) is 3. The summed E-state index contributed by atoms with van der Waals surface area (Å²) in [4.78, 5) is 21.6. The molecule has 0 radical (unpaired) electrons. The maximum Gasteiger partial charge on any atom is 0.466 e. The highest BCUT2D eigenvalue weighted by Crippen LogP contribution is 2.25. The fraction of sp³-hybridized carbons (Fsp3) is 1.00. The lowest BCUT2D eigenvalue weighted by Gasteiger charge is -1.82. The molecule has 0 bridgehead atoms. The molecule has 15 heavy (non-hydrogen) atoms. The van der Waals surface area contributed by atoms with Crippen molar-refractivity contribution in [2.75, 3.05) is 0 Å². The van der Waals surface area contributed by atoms with Crippen molar-refractivity contribution >= 4 is 7.82 Å². The molecule has 0 saturated heterocycles. The molecule has 100 valence electrons. The molecule has 0 atom stereocenters. The molecule has 3 N–H and O–H groups in total. The van der Waals surface area contributed by atoms with Crippen LogP contribution in [-0.4, -0.2) is 28.0 Å². The second kappa shape index (κ2) is 16.0. The summed E-state index contributed by atoms with van der Waals surface area (Å²) in [5.74, 6) is 0. The molecule has 0 aliphatic heterocycles. The number of phosphoric acid groups is 1. The fourth-order valence-electron chi connectivity index (χ4n) is 0. The highest BCUT2D eigenvalue weighted by Gasteiger charge is 2.00. The van der Waals surface area contributed by atoms with Crippen LogP contribution in [0.25, 0.3) is 0 Å². The van der Waals surface area contributed by atoms with E-state index in [0.29, 0.717) is 0 Å². The molecule has 0 aliphatic rings. The van der Waals surface area contributed by atoms with Gasteiger partial charge in [0.25, 0.3) is 0 Å². The molecule has 0 aromatic heterocycles. The van der Waals surface area contributed by atoms with Gasteiger partial charge >= 0.3 is 21.2 Å². The second-order valence-electron chi connectivity index (χ2n) is 1.01. The zero-order chi connectivity index (χ0) is 11.7. The van der Waals surface area contributed by atoms with Gasteiger partial charge in [0.1, 0.15) is 0 Å². The van der Waals surface area contributed by atoms with Crippen LogP contribution in [0.2, 0.25) is 0 Å². The van der Waals surface area contributed by atoms with E-state index in [9.17, 15) is 26.3 Å². The van der Waals surface area contributed by atoms with Crippen LogP contribution in [-0.2, 0) is 4.57 Å². The molecule has 0 saturated carbocycles. The Morgan fingerprint density at radius 1 is 0.733 bits per heavy atom. The summed E-state index contributed by atoms with van der Waals surface area (Å²) < 4.78 is 66.9. The molecule has 4 nitrogen and oxygen atoms in total. The van der Waals surface area contributed by atoms with Gasteiger partial charge in [0.15, 0.2) is 0 Å². The van der Waals surface area contributed by atoms with Gasteiger partial charge in [0.05, 0.1) is 0 Å². The van der Waals surface area contributed by atoms with Crippen molar-refractivity contribution in [2.45, 2.75) is 13.4 Å². The van der Waals surface area contributed by atoms with Crippen LogP contribution in [0.5, 0.6) is 0 Å². The van der Waals surface area contributed by atoms with Crippen molar-refractivity contribution < 1.29 is 55.0 Å². The van der Waals surface area contributed by atoms with E-state index in [2.05, 4.69) is 0 Å². The lowest BCUT2D eigenvalue weighted by Crippen LogP contribution is -1.66. The first-order chi connectivity index (χ1) is 5.46. The predicted molar refractivity (Wildman–Crippen MR) is 33.5 cm³/mol. The molecule has 0 unspecified atom stereocenters. The SMILES string of the molecule is F.F.FC(F)F.FC(F)F.O=P(O)(O)O. The summed E-state index contributed by atoms with van der Waals surface area (Å²) in [6.07, 6.45) is 0. The molecule has 0 heterocycles. The predicted octanol–water partition coefficient (Wildman–Crippen LogP) is 1.73. The molecule has 0 amide bonds. The molecule has 0 spiro atoms. The summed E-state index contributed by atoms with van der Waals surface area (Å²) in [5, 5.41) is 0. The van der Waals surface area contributed by atoms with Crippen LogP contribution in [0.3, 0.4) is 0 Å². The minimum atomic E-state index is -4.64. The Labute approximate surface area is 77.5 Å². The van der Waals surface area contributed by atoms with Gasteiger partial charge in [-0.2, -0.15) is 26.3 Å². The van der Waals surface area contributed by atoms with Crippen molar-refractivity contribution in [3.05, 3.63) is 0 Å². The summed E-state index contributed by atoms with van der Waals surface area (Å²) in [5.41, 5.74) is 0. The van der Waals surface area contributed by atoms with Gasteiger partial charge in [-0.25, -0.2) is 4.57 Å². The topological polar surface area (TPSA) is 77.8 Å². The maximum absolute atomic E-state index is 9.67. The van der Waals surface area contributed by atoms with E-state index in [1.807, 2.05) is 0 Å². The summed E-state index contributed by atoms with van der Waals surface area (Å²) in [6.45, 7) is -7.33. The number of alkyl halides is 6. The first-order valence-corrected chi connectivity index (χ1v) is 3.66. The van der Waals surface area contributed by atoms with Crippen molar-refractivity contribution in [3.63, 3.8) is 0 Å². The zero-order valence-electron chi connectivity index (χ0n) is 6.44. The van der Waals surface area contributed by atoms with Gasteiger partial charge in [-0.05, 0) is 0 Å². The van der Waals surface area contributed by atoms with Crippen molar-refractivity contribution in [1.29, 1.82) is 0 Å². The van der Waals surface area contributed by atoms with Gasteiger partial charge in [-0.15, -0.1) is 0 Å². The molecule has 0 rings (SSSR count). The Balaban J connectivity index is -0.0000000315. The lowest BCUT2D eigenvalue weighted by molar-refractivity contribution is 0.00734. The minimum absolute atomic E-state index is 0. The minimum Gasteiger partial charge on any atom is -0.303 e. The maximum atomic E-state index is 9.67. The molecule has 0 aromatic carbocycles. The Hall–Kier alpha value is -0.450. The molecule has 13 heteroatoms. The first-order valence-electron chi connectivity index (χ1n) is 2.09. The monoisotopic (exact) mass is 278 g/mol. The van der Waals surface area contributed by atoms with E-state index in [-0.39, 0.29) is 9.41 Å². The third kappa shape index (κ3) is 8930. The van der Waals surface area contributed by atoms with Crippen LogP contribution in [0.1, 0.15) is 0 Å². The summed E-state index contributed by atoms with van der Waals surface area (Å²) in [6, 6.07) is 0. The molecular weight excluding hydrogens is 271 g/mol. The van der Waals surface area contributed by atoms with E-state index in [1.165, 1.54) is 0 Å². The molecule has 0 fully saturated rings. The number of halogens is 8. The average molecular weight is 278 g/mol. The molecule has 0 aliphatic carbocycles. The third-order valence-electron chi connectivity index (χ3n) is 0. The number of hydrogen-bond acceptors (Lipinski definition) is 1. The van der Waals surface area contributed by atoms with Gasteiger partial charge in [0, 0.05) is 0 Å². The normalized spacial score (nSPS) is 8.73. The smallest absolute Gasteiger partial charge is 0.303 e. The molecular formula is C2H7F8O4P. The Morgan fingerprint density at radius 2 is 0.733 bits per heavy atom. The van der Waals surface area contributed by atoms with Crippen LogP contribution in [0.15, 0.2) is 0 Å². The van der Waals surface area contributed by atoms with Gasteiger partial charge in [-0.1, -0.05) is 0 Å². The van der Waals surface area contributed by atoms with E-state index >= 15 is 0 Å². The zero-order valence-corrected chi connectivity index (χ0v) is 7.33. The van der Waals surface area contributed by atoms with E-state index in [4.69, 9.17) is 19.2 Å². The van der Waals surface area contributed by atoms with Crippen LogP contribution in [0.4, 0.5) is 35.8 Å². The van der Waals surface area contributed by atoms with Gasteiger partial charge in [-0.3, -0.25) is 9.41 Å². The molecule has 0 aromatic rings. The van der Waals surface area contributed by atoms with Gasteiger partial charge in [0.2, 0.25) is 0 Å². The largest absolute Gasteiger partial charge is 0.466 e.